The Morgan fingerprint density at radius 1 is 1.04 bits per heavy atom. The Morgan fingerprint density at radius 3 is 2.11 bits per heavy atom. The number of halogens is 3. The maximum atomic E-state index is 14.4. The van der Waals surface area contributed by atoms with E-state index in [9.17, 15) is 41.8 Å². The molecule has 0 unspecified atom stereocenters. The lowest BCUT2D eigenvalue weighted by atomic mass is 9.99. The number of hydrogen-bond acceptors (Lipinski definition) is 6. The molecule has 0 spiro atoms. The molecule has 2 aromatic carbocycles. The first-order chi connectivity index (χ1) is 12.4. The van der Waals surface area contributed by atoms with Crippen LogP contribution in [-0.4, -0.2) is 22.8 Å². The highest BCUT2D eigenvalue weighted by Gasteiger charge is 2.31. The molecule has 0 saturated carbocycles. The van der Waals surface area contributed by atoms with Gasteiger partial charge in [0.15, 0.2) is 11.6 Å². The summed E-state index contributed by atoms with van der Waals surface area (Å²) < 4.78 is 74.0. The highest BCUT2D eigenvalue weighted by Crippen LogP contribution is 2.33. The summed E-state index contributed by atoms with van der Waals surface area (Å²) in [5, 5.41) is 21.9. The molecule has 0 fully saturated rings. The van der Waals surface area contributed by atoms with Gasteiger partial charge in [0.1, 0.15) is 10.7 Å². The highest BCUT2D eigenvalue weighted by atomic mass is 32.2. The Morgan fingerprint density at radius 2 is 1.63 bits per heavy atom. The molecule has 13 heteroatoms. The topological polar surface area (TPSA) is 141 Å². The molecule has 0 aliphatic carbocycles. The minimum Gasteiger partial charge on any atom is -0.282 e. The Hall–Kier alpha value is -3.06. The Kier molecular flexibility index (Phi) is 5.19. The number of nitro groups is 2. The molecular weight excluding hydrogens is 397 g/mol. The standard InChI is InChI=1S/C14H9F3N2O7S/c1-6-11(15)9(14(27(24,25)26)13(17)12(6)16)4-7-2-3-8(18(20)21)5-10(7)19(22)23/h2-3,5H,4H2,1H3,(H,24,25,26). The van der Waals surface area contributed by atoms with E-state index in [1.165, 1.54) is 0 Å². The zero-order valence-corrected chi connectivity index (χ0v) is 14.1. The van der Waals surface area contributed by atoms with E-state index in [-0.39, 0.29) is 0 Å². The van der Waals surface area contributed by atoms with Crippen molar-refractivity contribution in [1.29, 1.82) is 0 Å². The number of benzene rings is 2. The number of hydrogen-bond donors (Lipinski definition) is 1. The molecule has 2 aromatic rings. The fourth-order valence-electron chi connectivity index (χ4n) is 2.42. The maximum absolute atomic E-state index is 14.4. The van der Waals surface area contributed by atoms with Gasteiger partial charge in [-0.25, -0.2) is 13.2 Å². The summed E-state index contributed by atoms with van der Waals surface area (Å²) in [6.07, 6.45) is -0.951. The fraction of sp³-hybridized carbons (Fsp3) is 0.143. The molecule has 0 aliphatic rings. The minimum atomic E-state index is -5.43. The van der Waals surface area contributed by atoms with Crippen molar-refractivity contribution < 1.29 is 36.0 Å². The van der Waals surface area contributed by atoms with Crippen molar-refractivity contribution in [2.45, 2.75) is 18.2 Å². The molecular formula is C14H9F3N2O7S. The molecule has 1 N–H and O–H groups in total. The van der Waals surface area contributed by atoms with Crippen LogP contribution in [0.5, 0.6) is 0 Å². The van der Waals surface area contributed by atoms with Crippen molar-refractivity contribution >= 4 is 21.5 Å². The number of non-ortho nitro benzene ring substituents is 1. The monoisotopic (exact) mass is 406 g/mol. The van der Waals surface area contributed by atoms with Crippen LogP contribution in [0.25, 0.3) is 0 Å². The number of nitrogens with zero attached hydrogens (tertiary/aromatic N) is 2. The van der Waals surface area contributed by atoms with E-state index in [4.69, 9.17) is 4.55 Å². The lowest BCUT2D eigenvalue weighted by molar-refractivity contribution is -0.394. The van der Waals surface area contributed by atoms with E-state index in [1.54, 1.807) is 0 Å². The first kappa shape index (κ1) is 20.3. The third kappa shape index (κ3) is 3.73. The molecule has 0 amide bonds. The summed E-state index contributed by atoms with van der Waals surface area (Å²) in [7, 11) is -5.43. The van der Waals surface area contributed by atoms with Crippen LogP contribution in [0.2, 0.25) is 0 Å². The third-order valence-corrected chi connectivity index (χ3v) is 4.63. The van der Waals surface area contributed by atoms with Crippen LogP contribution in [-0.2, 0) is 16.5 Å². The number of nitro benzene ring substituents is 2. The smallest absolute Gasteiger partial charge is 0.282 e. The van der Waals surface area contributed by atoms with Crippen molar-refractivity contribution in [3.63, 3.8) is 0 Å². The van der Waals surface area contributed by atoms with Crippen molar-refractivity contribution in [3.05, 3.63) is 72.6 Å². The molecule has 0 atom stereocenters. The van der Waals surface area contributed by atoms with Gasteiger partial charge in [-0.3, -0.25) is 24.8 Å². The second-order valence-electron chi connectivity index (χ2n) is 5.35. The van der Waals surface area contributed by atoms with E-state index in [0.717, 1.165) is 19.1 Å². The summed E-state index contributed by atoms with van der Waals surface area (Å²) >= 11 is 0. The molecule has 0 aliphatic heterocycles. The van der Waals surface area contributed by atoms with Gasteiger partial charge in [0.2, 0.25) is 0 Å². The van der Waals surface area contributed by atoms with Gasteiger partial charge in [0, 0.05) is 29.2 Å². The van der Waals surface area contributed by atoms with Crippen LogP contribution in [0.3, 0.4) is 0 Å². The van der Waals surface area contributed by atoms with Gasteiger partial charge >= 0.3 is 0 Å². The van der Waals surface area contributed by atoms with Crippen molar-refractivity contribution in [1.82, 2.24) is 0 Å². The molecule has 27 heavy (non-hydrogen) atoms. The summed E-state index contributed by atoms with van der Waals surface area (Å²) in [4.78, 5) is 18.2. The lowest BCUT2D eigenvalue weighted by Crippen LogP contribution is -2.14. The van der Waals surface area contributed by atoms with Crippen molar-refractivity contribution in [2.75, 3.05) is 0 Å². The average molecular weight is 406 g/mol. The lowest BCUT2D eigenvalue weighted by Gasteiger charge is -2.13. The molecule has 0 heterocycles. The van der Waals surface area contributed by atoms with Crippen LogP contribution >= 0.6 is 0 Å². The van der Waals surface area contributed by atoms with E-state index < -0.39 is 76.8 Å². The van der Waals surface area contributed by atoms with Gasteiger partial charge in [0.05, 0.1) is 15.9 Å². The highest BCUT2D eigenvalue weighted by molar-refractivity contribution is 7.85. The first-order valence-electron chi connectivity index (χ1n) is 6.91. The SMILES string of the molecule is Cc1c(F)c(F)c(S(=O)(=O)O)c(Cc2ccc([N+](=O)[O-])cc2[N+](=O)[O-])c1F. The van der Waals surface area contributed by atoms with Gasteiger partial charge in [-0.1, -0.05) is 0 Å². The maximum Gasteiger partial charge on any atom is 0.297 e. The van der Waals surface area contributed by atoms with Crippen LogP contribution in [0, 0.1) is 44.6 Å². The summed E-state index contributed by atoms with van der Waals surface area (Å²) in [5.41, 5.74) is -3.90. The Bertz CT molecular complexity index is 1090. The van der Waals surface area contributed by atoms with Gasteiger partial charge in [0.25, 0.3) is 21.5 Å². The second kappa shape index (κ2) is 6.92. The zero-order chi connectivity index (χ0) is 20.7. The van der Waals surface area contributed by atoms with E-state index >= 15 is 0 Å². The largest absolute Gasteiger partial charge is 0.297 e. The van der Waals surface area contributed by atoms with Crippen LogP contribution < -0.4 is 0 Å². The predicted molar refractivity (Wildman–Crippen MR) is 83.4 cm³/mol. The van der Waals surface area contributed by atoms with Crippen molar-refractivity contribution in [3.8, 4) is 0 Å². The molecule has 0 aromatic heterocycles. The Balaban J connectivity index is 2.79. The summed E-state index contributed by atoms with van der Waals surface area (Å²) in [5.74, 6) is -5.42. The summed E-state index contributed by atoms with van der Waals surface area (Å²) in [6.45, 7) is 0.801. The molecule has 0 saturated heterocycles. The summed E-state index contributed by atoms with van der Waals surface area (Å²) in [6, 6.07) is 2.23. The van der Waals surface area contributed by atoms with Crippen LogP contribution in [0.4, 0.5) is 24.5 Å². The van der Waals surface area contributed by atoms with Gasteiger partial charge in [-0.05, 0) is 13.0 Å². The fourth-order valence-corrected chi connectivity index (χ4v) is 3.21. The normalized spacial score (nSPS) is 11.4. The first-order valence-corrected chi connectivity index (χ1v) is 8.35. The third-order valence-electron chi connectivity index (χ3n) is 3.69. The molecule has 144 valence electrons. The predicted octanol–water partition coefficient (Wildman–Crippen LogP) is 3.07. The minimum absolute atomic E-state index is 0.417. The number of rotatable bonds is 5. The van der Waals surface area contributed by atoms with Gasteiger partial charge in [-0.15, -0.1) is 0 Å². The van der Waals surface area contributed by atoms with Gasteiger partial charge < -0.3 is 0 Å². The van der Waals surface area contributed by atoms with Crippen LogP contribution in [0.15, 0.2) is 23.1 Å². The zero-order valence-electron chi connectivity index (χ0n) is 13.3. The van der Waals surface area contributed by atoms with Crippen LogP contribution in [0.1, 0.15) is 16.7 Å². The average Bonchev–Trinajstić information content (AvgIpc) is 2.56. The molecule has 0 radical (unpaired) electrons. The van der Waals surface area contributed by atoms with Gasteiger partial charge in [-0.2, -0.15) is 8.42 Å². The Labute approximate surface area is 149 Å². The van der Waals surface area contributed by atoms with E-state index in [1.807, 2.05) is 0 Å². The van der Waals surface area contributed by atoms with E-state index in [0.29, 0.717) is 6.07 Å². The second-order valence-corrected chi connectivity index (χ2v) is 6.71. The van der Waals surface area contributed by atoms with E-state index in [2.05, 4.69) is 0 Å². The van der Waals surface area contributed by atoms with Crippen molar-refractivity contribution in [2.24, 2.45) is 0 Å². The molecule has 9 nitrogen and oxygen atoms in total. The molecule has 2 rings (SSSR count). The molecule has 0 bridgehead atoms. The quantitative estimate of drug-likeness (QED) is 0.348.